The first kappa shape index (κ1) is 14.3. The van der Waals surface area contributed by atoms with Crippen LogP contribution in [0, 0.1) is 0 Å². The molecule has 0 aliphatic carbocycles. The van der Waals surface area contributed by atoms with Gasteiger partial charge in [0.2, 0.25) is 5.78 Å². The van der Waals surface area contributed by atoms with Gasteiger partial charge in [0.25, 0.3) is 5.78 Å². The second-order valence-corrected chi connectivity index (χ2v) is 5.67. The van der Waals surface area contributed by atoms with Gasteiger partial charge in [-0.15, -0.1) is 11.3 Å². The Morgan fingerprint density at radius 2 is 2.00 bits per heavy atom. The number of hydrogen-bond donors (Lipinski definition) is 1. The van der Waals surface area contributed by atoms with Crippen LogP contribution in [-0.4, -0.2) is 31.7 Å². The van der Waals surface area contributed by atoms with Gasteiger partial charge in [0, 0.05) is 30.1 Å². The van der Waals surface area contributed by atoms with E-state index in [1.54, 1.807) is 23.7 Å². The molecule has 0 saturated heterocycles. The van der Waals surface area contributed by atoms with Crippen molar-refractivity contribution in [1.82, 2.24) is 20.2 Å². The summed E-state index contributed by atoms with van der Waals surface area (Å²) in [6, 6.07) is 5.75. The van der Waals surface area contributed by atoms with Crippen molar-refractivity contribution in [1.29, 1.82) is 0 Å². The zero-order valence-electron chi connectivity index (χ0n) is 11.5. The van der Waals surface area contributed by atoms with Gasteiger partial charge in [-0.3, -0.25) is 19.7 Å². The number of nitrogens with zero attached hydrogens (tertiary/aromatic N) is 3. The van der Waals surface area contributed by atoms with Gasteiger partial charge in [0.05, 0.1) is 0 Å². The van der Waals surface area contributed by atoms with Crippen molar-refractivity contribution in [3.63, 3.8) is 0 Å². The molecular weight excluding hydrogens is 300 g/mol. The van der Waals surface area contributed by atoms with Gasteiger partial charge in [-0.1, -0.05) is 0 Å². The normalized spacial score (nSPS) is 10.5. The molecule has 6 nitrogen and oxygen atoms in total. The topological polar surface area (TPSA) is 88.6 Å². The van der Waals surface area contributed by atoms with E-state index in [0.717, 1.165) is 22.4 Å². The summed E-state index contributed by atoms with van der Waals surface area (Å²) in [5, 5.41) is 7.93. The number of carbonyl (C=O) groups is 2. The van der Waals surface area contributed by atoms with Crippen LogP contribution in [-0.2, 0) is 17.6 Å². The Morgan fingerprint density at radius 1 is 1.18 bits per heavy atom. The largest absolute Gasteiger partial charge is 0.290 e. The Hall–Kier alpha value is -2.67. The van der Waals surface area contributed by atoms with Crippen molar-refractivity contribution in [3.05, 3.63) is 64.1 Å². The summed E-state index contributed by atoms with van der Waals surface area (Å²) in [7, 11) is 0. The van der Waals surface area contributed by atoms with Gasteiger partial charge in [0.15, 0.2) is 5.82 Å². The summed E-state index contributed by atoms with van der Waals surface area (Å²) in [6.07, 6.45) is 5.48. The summed E-state index contributed by atoms with van der Waals surface area (Å²) in [6.45, 7) is 0. The lowest BCUT2D eigenvalue weighted by Gasteiger charge is -2.03. The van der Waals surface area contributed by atoms with E-state index in [0.29, 0.717) is 0 Å². The third kappa shape index (κ3) is 3.15. The molecule has 3 aromatic rings. The number of rotatable bonds is 6. The van der Waals surface area contributed by atoms with Gasteiger partial charge < -0.3 is 0 Å². The lowest BCUT2D eigenvalue weighted by Crippen LogP contribution is -2.18. The number of aromatic amines is 1. The fraction of sp³-hybridized carbons (Fsp3) is 0.133. The van der Waals surface area contributed by atoms with Gasteiger partial charge >= 0.3 is 0 Å². The molecule has 3 heterocycles. The Balaban J connectivity index is 1.72. The molecule has 0 fully saturated rings. The zero-order chi connectivity index (χ0) is 15.4. The van der Waals surface area contributed by atoms with Gasteiger partial charge in [0.1, 0.15) is 6.33 Å². The zero-order valence-corrected chi connectivity index (χ0v) is 12.3. The minimum atomic E-state index is -0.640. The van der Waals surface area contributed by atoms with Crippen molar-refractivity contribution < 1.29 is 9.59 Å². The van der Waals surface area contributed by atoms with Crippen LogP contribution in [0.3, 0.4) is 0 Å². The summed E-state index contributed by atoms with van der Waals surface area (Å²) < 4.78 is 0. The van der Waals surface area contributed by atoms with Crippen LogP contribution >= 0.6 is 11.3 Å². The highest BCUT2D eigenvalue weighted by Gasteiger charge is 2.20. The second kappa shape index (κ2) is 6.40. The Morgan fingerprint density at radius 3 is 2.73 bits per heavy atom. The third-order valence-electron chi connectivity index (χ3n) is 3.19. The Kier molecular flexibility index (Phi) is 4.15. The van der Waals surface area contributed by atoms with E-state index in [9.17, 15) is 9.59 Å². The molecule has 0 bridgehead atoms. The molecule has 1 N–H and O–H groups in total. The van der Waals surface area contributed by atoms with Crippen LogP contribution in [0.2, 0.25) is 0 Å². The maximum Gasteiger partial charge on any atom is 0.265 e. The van der Waals surface area contributed by atoms with E-state index < -0.39 is 11.6 Å². The monoisotopic (exact) mass is 312 g/mol. The Bertz CT molecular complexity index is 781. The maximum atomic E-state index is 12.1. The number of thiophene rings is 1. The summed E-state index contributed by atoms with van der Waals surface area (Å²) in [5.74, 6) is -1.15. The highest BCUT2D eigenvalue weighted by molar-refractivity contribution is 7.10. The second-order valence-electron chi connectivity index (χ2n) is 4.66. The van der Waals surface area contributed by atoms with E-state index in [2.05, 4.69) is 20.2 Å². The predicted octanol–water partition coefficient (Wildman–Crippen LogP) is 1.85. The predicted molar refractivity (Wildman–Crippen MR) is 80.8 cm³/mol. The van der Waals surface area contributed by atoms with E-state index in [4.69, 9.17) is 0 Å². The fourth-order valence-electron chi connectivity index (χ4n) is 2.07. The van der Waals surface area contributed by atoms with Gasteiger partial charge in [-0.05, 0) is 34.7 Å². The lowest BCUT2D eigenvalue weighted by molar-refractivity contribution is -0.114. The SMILES string of the molecule is O=C(Cc1ccsc1Cc1ccncc1)C(=O)c1ncn[nH]1. The number of aromatic nitrogens is 4. The van der Waals surface area contributed by atoms with Crippen molar-refractivity contribution in [2.24, 2.45) is 0 Å². The summed E-state index contributed by atoms with van der Waals surface area (Å²) >= 11 is 1.58. The van der Waals surface area contributed by atoms with E-state index in [1.165, 1.54) is 6.33 Å². The molecule has 110 valence electrons. The van der Waals surface area contributed by atoms with Crippen LogP contribution in [0.5, 0.6) is 0 Å². The first-order valence-corrected chi connectivity index (χ1v) is 7.49. The van der Waals surface area contributed by atoms with E-state index in [-0.39, 0.29) is 12.2 Å². The highest BCUT2D eigenvalue weighted by atomic mass is 32.1. The van der Waals surface area contributed by atoms with Crippen molar-refractivity contribution in [2.75, 3.05) is 0 Å². The number of pyridine rings is 1. The average Bonchev–Trinajstić information content (AvgIpc) is 3.20. The first-order chi connectivity index (χ1) is 10.7. The molecule has 22 heavy (non-hydrogen) atoms. The van der Waals surface area contributed by atoms with Crippen molar-refractivity contribution in [3.8, 4) is 0 Å². The molecule has 0 spiro atoms. The number of carbonyl (C=O) groups excluding carboxylic acids is 2. The van der Waals surface area contributed by atoms with Gasteiger partial charge in [-0.2, -0.15) is 5.10 Å². The molecule has 0 aliphatic heterocycles. The van der Waals surface area contributed by atoms with Crippen LogP contribution < -0.4 is 0 Å². The molecule has 0 atom stereocenters. The van der Waals surface area contributed by atoms with Crippen molar-refractivity contribution >= 4 is 22.9 Å². The lowest BCUT2D eigenvalue weighted by atomic mass is 10.0. The minimum Gasteiger partial charge on any atom is -0.290 e. The summed E-state index contributed by atoms with van der Waals surface area (Å²) in [5.41, 5.74) is 1.99. The smallest absolute Gasteiger partial charge is 0.265 e. The van der Waals surface area contributed by atoms with Crippen molar-refractivity contribution in [2.45, 2.75) is 12.8 Å². The van der Waals surface area contributed by atoms with E-state index in [1.807, 2.05) is 23.6 Å². The number of H-pyrrole nitrogens is 1. The molecule has 3 rings (SSSR count). The molecule has 3 aromatic heterocycles. The third-order valence-corrected chi connectivity index (χ3v) is 4.15. The summed E-state index contributed by atoms with van der Waals surface area (Å²) in [4.78, 5) is 32.8. The molecule has 0 saturated carbocycles. The van der Waals surface area contributed by atoms with Crippen LogP contribution in [0.25, 0.3) is 0 Å². The van der Waals surface area contributed by atoms with Gasteiger partial charge in [-0.25, -0.2) is 4.98 Å². The maximum absolute atomic E-state index is 12.1. The molecule has 7 heteroatoms. The molecule has 0 radical (unpaired) electrons. The van der Waals surface area contributed by atoms with Crippen LogP contribution in [0.15, 0.2) is 42.3 Å². The number of hydrogen-bond acceptors (Lipinski definition) is 6. The molecule has 0 unspecified atom stereocenters. The van der Waals surface area contributed by atoms with Crippen LogP contribution in [0.1, 0.15) is 26.6 Å². The molecule has 0 aliphatic rings. The quantitative estimate of drug-likeness (QED) is 0.554. The highest BCUT2D eigenvalue weighted by Crippen LogP contribution is 2.21. The fourth-order valence-corrected chi connectivity index (χ4v) is 3.00. The van der Waals surface area contributed by atoms with Crippen LogP contribution in [0.4, 0.5) is 0 Å². The molecule has 0 aromatic carbocycles. The number of Topliss-reactive ketones (excluding diaryl/α,β-unsaturated/α-hetero) is 2. The Labute approximate surface area is 130 Å². The minimum absolute atomic E-state index is 0.0177. The molecule has 0 amide bonds. The average molecular weight is 312 g/mol. The number of nitrogens with one attached hydrogen (secondary N) is 1. The van der Waals surface area contributed by atoms with E-state index >= 15 is 0 Å². The standard InChI is InChI=1S/C15H12N4O2S/c20-12(14(21)15-17-9-18-19-15)8-11-3-6-22-13(11)7-10-1-4-16-5-2-10/h1-6,9H,7-8H2,(H,17,18,19). The number of ketones is 2. The first-order valence-electron chi connectivity index (χ1n) is 6.61. The molecular formula is C15H12N4O2S.